The smallest absolute Gasteiger partial charge is 0.305 e. The summed E-state index contributed by atoms with van der Waals surface area (Å²) in [7, 11) is 0. The molecule has 4 nitrogen and oxygen atoms in total. The van der Waals surface area contributed by atoms with E-state index < -0.39 is 0 Å². The Morgan fingerprint density at radius 1 is 1.12 bits per heavy atom. The summed E-state index contributed by atoms with van der Waals surface area (Å²) in [5, 5.41) is 9.75. The third-order valence-corrected chi connectivity index (χ3v) is 4.51. The summed E-state index contributed by atoms with van der Waals surface area (Å²) in [4.78, 5) is 23.4. The van der Waals surface area contributed by atoms with Gasteiger partial charge in [0, 0.05) is 17.9 Å². The van der Waals surface area contributed by atoms with Gasteiger partial charge in [-0.15, -0.1) is 0 Å². The SMILES string of the molecule is CCCCCC/C=C/C1C=C(O)C(=O)/C1=C/CCCCCC(=O)OCC. The second-order valence-electron chi connectivity index (χ2n) is 6.75. The molecule has 0 saturated carbocycles. The molecule has 0 saturated heterocycles. The fraction of sp³-hybridized carbons (Fsp3) is 0.636. The first-order chi connectivity index (χ1) is 12.6. The molecule has 26 heavy (non-hydrogen) atoms. The van der Waals surface area contributed by atoms with Gasteiger partial charge in [0.15, 0.2) is 5.76 Å². The lowest BCUT2D eigenvalue weighted by Crippen LogP contribution is -2.04. The Morgan fingerprint density at radius 3 is 2.58 bits per heavy atom. The van der Waals surface area contributed by atoms with Crippen LogP contribution in [-0.4, -0.2) is 23.5 Å². The number of unbranched alkanes of at least 4 members (excludes halogenated alkanes) is 7. The molecule has 0 heterocycles. The highest BCUT2D eigenvalue weighted by Gasteiger charge is 2.27. The molecule has 0 bridgehead atoms. The fourth-order valence-electron chi connectivity index (χ4n) is 3.04. The zero-order valence-electron chi connectivity index (χ0n) is 16.3. The molecule has 0 radical (unpaired) electrons. The van der Waals surface area contributed by atoms with Gasteiger partial charge in [0.2, 0.25) is 5.78 Å². The molecular weight excluding hydrogens is 328 g/mol. The molecule has 0 spiro atoms. The third-order valence-electron chi connectivity index (χ3n) is 4.51. The monoisotopic (exact) mass is 362 g/mol. The second-order valence-corrected chi connectivity index (χ2v) is 6.75. The molecule has 1 aliphatic rings. The number of ether oxygens (including phenoxy) is 1. The first-order valence-electron chi connectivity index (χ1n) is 10.1. The predicted molar refractivity (Wildman–Crippen MR) is 105 cm³/mol. The molecule has 146 valence electrons. The number of allylic oxidation sites excluding steroid dienone is 5. The normalized spacial score (nSPS) is 18.7. The minimum absolute atomic E-state index is 0.104. The van der Waals surface area contributed by atoms with Crippen molar-refractivity contribution in [1.82, 2.24) is 0 Å². The Morgan fingerprint density at radius 2 is 1.85 bits per heavy atom. The average Bonchev–Trinajstić information content (AvgIpc) is 2.88. The molecule has 1 unspecified atom stereocenters. The van der Waals surface area contributed by atoms with Crippen LogP contribution in [-0.2, 0) is 14.3 Å². The maximum Gasteiger partial charge on any atom is 0.305 e. The van der Waals surface area contributed by atoms with Gasteiger partial charge in [-0.25, -0.2) is 0 Å². The quantitative estimate of drug-likeness (QED) is 0.201. The van der Waals surface area contributed by atoms with Crippen LogP contribution >= 0.6 is 0 Å². The summed E-state index contributed by atoms with van der Waals surface area (Å²) in [6.45, 7) is 4.43. The molecule has 0 aliphatic heterocycles. The van der Waals surface area contributed by atoms with Crippen molar-refractivity contribution >= 4 is 11.8 Å². The number of carbonyl (C=O) groups is 2. The van der Waals surface area contributed by atoms with E-state index in [1.165, 1.54) is 25.7 Å². The first-order valence-corrected chi connectivity index (χ1v) is 10.1. The minimum atomic E-state index is -0.253. The molecule has 1 N–H and O–H groups in total. The van der Waals surface area contributed by atoms with Gasteiger partial charge in [-0.2, -0.15) is 0 Å². The average molecular weight is 363 g/mol. The number of carbonyl (C=O) groups excluding carboxylic acids is 2. The van der Waals surface area contributed by atoms with Crippen LogP contribution in [0.15, 0.2) is 35.6 Å². The fourth-order valence-corrected chi connectivity index (χ4v) is 3.04. The number of hydrogen-bond donors (Lipinski definition) is 1. The van der Waals surface area contributed by atoms with Gasteiger partial charge < -0.3 is 9.84 Å². The molecule has 4 heteroatoms. The summed E-state index contributed by atoms with van der Waals surface area (Å²) in [5.74, 6) is -0.639. The number of hydrogen-bond acceptors (Lipinski definition) is 4. The maximum atomic E-state index is 12.1. The number of rotatable bonds is 13. The molecule has 0 amide bonds. The van der Waals surface area contributed by atoms with Gasteiger partial charge in [0.05, 0.1) is 6.61 Å². The summed E-state index contributed by atoms with van der Waals surface area (Å²) >= 11 is 0. The summed E-state index contributed by atoms with van der Waals surface area (Å²) in [5.41, 5.74) is 0.678. The summed E-state index contributed by atoms with van der Waals surface area (Å²) in [6, 6.07) is 0. The highest BCUT2D eigenvalue weighted by atomic mass is 16.5. The number of Topliss-reactive ketones (excluding diaryl/α,β-unsaturated/α-hetero) is 1. The van der Waals surface area contributed by atoms with Crippen molar-refractivity contribution in [3.8, 4) is 0 Å². The van der Waals surface area contributed by atoms with Gasteiger partial charge in [-0.3, -0.25) is 9.59 Å². The maximum absolute atomic E-state index is 12.1. The van der Waals surface area contributed by atoms with Crippen molar-refractivity contribution in [3.05, 3.63) is 35.6 Å². The van der Waals surface area contributed by atoms with E-state index in [0.717, 1.165) is 32.1 Å². The highest BCUT2D eigenvalue weighted by molar-refractivity contribution is 6.10. The van der Waals surface area contributed by atoms with Crippen molar-refractivity contribution < 1.29 is 19.4 Å². The number of esters is 1. The van der Waals surface area contributed by atoms with Gasteiger partial charge in [-0.05, 0) is 45.1 Å². The van der Waals surface area contributed by atoms with E-state index in [2.05, 4.69) is 13.0 Å². The van der Waals surface area contributed by atoms with Crippen molar-refractivity contribution in [2.75, 3.05) is 6.61 Å². The largest absolute Gasteiger partial charge is 0.504 e. The van der Waals surface area contributed by atoms with Crippen LogP contribution in [0.1, 0.15) is 78.1 Å². The Hall–Kier alpha value is -1.84. The van der Waals surface area contributed by atoms with Crippen molar-refractivity contribution in [2.45, 2.75) is 78.1 Å². The Balaban J connectivity index is 2.36. The van der Waals surface area contributed by atoms with Gasteiger partial charge in [-0.1, -0.05) is 50.8 Å². The molecule has 1 aliphatic carbocycles. The standard InChI is InChI=1S/C22H34O4/c1-3-5-6-7-8-11-14-18-17-20(23)22(25)19(18)15-12-9-10-13-16-21(24)26-4-2/h11,14-15,17-18,23H,3-10,12-13,16H2,1-2H3/b14-11+,19-15+. The van der Waals surface area contributed by atoms with Gasteiger partial charge >= 0.3 is 5.97 Å². The van der Waals surface area contributed by atoms with Crippen molar-refractivity contribution in [2.24, 2.45) is 5.92 Å². The Kier molecular flexibility index (Phi) is 11.4. The van der Waals surface area contributed by atoms with E-state index in [1.54, 1.807) is 6.08 Å². The molecule has 0 aromatic rings. The van der Waals surface area contributed by atoms with Crippen LogP contribution in [0.4, 0.5) is 0 Å². The zero-order chi connectivity index (χ0) is 19.2. The van der Waals surface area contributed by atoms with Gasteiger partial charge in [0.1, 0.15) is 0 Å². The minimum Gasteiger partial charge on any atom is -0.504 e. The second kappa shape index (κ2) is 13.4. The lowest BCUT2D eigenvalue weighted by molar-refractivity contribution is -0.143. The molecule has 1 rings (SSSR count). The van der Waals surface area contributed by atoms with E-state index in [4.69, 9.17) is 4.74 Å². The van der Waals surface area contributed by atoms with E-state index in [-0.39, 0.29) is 23.4 Å². The van der Waals surface area contributed by atoms with Gasteiger partial charge in [0.25, 0.3) is 0 Å². The molecular formula is C22H34O4. The lowest BCUT2D eigenvalue weighted by Gasteiger charge is -2.05. The van der Waals surface area contributed by atoms with E-state index in [1.807, 2.05) is 19.1 Å². The number of aliphatic hydroxyl groups excluding tert-OH is 1. The lowest BCUT2D eigenvalue weighted by atomic mass is 9.98. The molecule has 1 atom stereocenters. The molecule has 0 fully saturated rings. The van der Waals surface area contributed by atoms with Crippen LogP contribution in [0, 0.1) is 5.92 Å². The third kappa shape index (κ3) is 8.50. The van der Waals surface area contributed by atoms with Crippen LogP contribution in [0.2, 0.25) is 0 Å². The van der Waals surface area contributed by atoms with Crippen LogP contribution in [0.5, 0.6) is 0 Å². The number of ketones is 1. The van der Waals surface area contributed by atoms with E-state index in [0.29, 0.717) is 18.6 Å². The zero-order valence-corrected chi connectivity index (χ0v) is 16.3. The van der Waals surface area contributed by atoms with Crippen molar-refractivity contribution in [3.63, 3.8) is 0 Å². The predicted octanol–water partition coefficient (Wildman–Crippen LogP) is 5.59. The van der Waals surface area contributed by atoms with Crippen molar-refractivity contribution in [1.29, 1.82) is 0 Å². The van der Waals surface area contributed by atoms with E-state index in [9.17, 15) is 14.7 Å². The Bertz CT molecular complexity index is 528. The topological polar surface area (TPSA) is 63.6 Å². The van der Waals surface area contributed by atoms with Crippen LogP contribution < -0.4 is 0 Å². The molecule has 0 aromatic carbocycles. The molecule has 0 aromatic heterocycles. The first kappa shape index (κ1) is 22.2. The van der Waals surface area contributed by atoms with Crippen LogP contribution in [0.25, 0.3) is 0 Å². The summed E-state index contributed by atoms with van der Waals surface area (Å²) in [6.07, 6.45) is 17.5. The van der Waals surface area contributed by atoms with E-state index >= 15 is 0 Å². The van der Waals surface area contributed by atoms with Crippen LogP contribution in [0.3, 0.4) is 0 Å². The summed E-state index contributed by atoms with van der Waals surface area (Å²) < 4.78 is 4.90. The highest BCUT2D eigenvalue weighted by Crippen LogP contribution is 2.28. The Labute approximate surface area is 158 Å². The number of aliphatic hydroxyl groups is 1.